The van der Waals surface area contributed by atoms with Gasteiger partial charge in [0.25, 0.3) is 0 Å². The lowest BCUT2D eigenvalue weighted by Gasteiger charge is -2.13. The average molecular weight is 220 g/mol. The van der Waals surface area contributed by atoms with E-state index in [1.807, 2.05) is 12.1 Å². The number of ether oxygens (including phenoxy) is 3. The smallest absolute Gasteiger partial charge is 0.203 e. The first-order valence-electron chi connectivity index (χ1n) is 4.99. The van der Waals surface area contributed by atoms with Crippen LogP contribution in [0.4, 0.5) is 0 Å². The lowest BCUT2D eigenvalue weighted by atomic mass is 10.1. The largest absolute Gasteiger partial charge is 0.493 e. The molecule has 0 spiro atoms. The van der Waals surface area contributed by atoms with Crippen LogP contribution < -0.4 is 14.2 Å². The van der Waals surface area contributed by atoms with Crippen LogP contribution in [-0.2, 0) is 6.42 Å². The zero-order chi connectivity index (χ0) is 12.0. The second-order valence-corrected chi connectivity index (χ2v) is 3.24. The first-order chi connectivity index (χ1) is 7.76. The van der Waals surface area contributed by atoms with Crippen molar-refractivity contribution in [1.29, 1.82) is 0 Å². The predicted octanol–water partition coefficient (Wildman–Crippen LogP) is 2.28. The zero-order valence-corrected chi connectivity index (χ0v) is 9.87. The number of hydrogen-bond acceptors (Lipinski definition) is 3. The van der Waals surface area contributed by atoms with Gasteiger partial charge in [-0.3, -0.25) is 0 Å². The van der Waals surface area contributed by atoms with Crippen LogP contribution >= 0.6 is 0 Å². The summed E-state index contributed by atoms with van der Waals surface area (Å²) in [5.74, 6) is 4.53. The van der Waals surface area contributed by atoms with E-state index in [0.717, 1.165) is 12.0 Å². The highest BCUT2D eigenvalue weighted by Crippen LogP contribution is 2.38. The van der Waals surface area contributed by atoms with Crippen LogP contribution in [0.5, 0.6) is 17.2 Å². The SMILES string of the molecule is C#CCCc1cc(OC)c(OC)c(OC)c1. The summed E-state index contributed by atoms with van der Waals surface area (Å²) in [6.07, 6.45) is 6.73. The van der Waals surface area contributed by atoms with Crippen molar-refractivity contribution in [2.45, 2.75) is 12.8 Å². The molecule has 86 valence electrons. The molecule has 0 bridgehead atoms. The summed E-state index contributed by atoms with van der Waals surface area (Å²) in [6, 6.07) is 3.83. The number of terminal acetylenes is 1. The maximum absolute atomic E-state index is 5.24. The van der Waals surface area contributed by atoms with Gasteiger partial charge in [-0.2, -0.15) is 0 Å². The lowest BCUT2D eigenvalue weighted by molar-refractivity contribution is 0.324. The van der Waals surface area contributed by atoms with E-state index < -0.39 is 0 Å². The van der Waals surface area contributed by atoms with Crippen LogP contribution in [0.1, 0.15) is 12.0 Å². The Morgan fingerprint density at radius 3 is 2.00 bits per heavy atom. The molecule has 3 heteroatoms. The molecule has 0 aliphatic heterocycles. The fraction of sp³-hybridized carbons (Fsp3) is 0.385. The van der Waals surface area contributed by atoms with E-state index in [-0.39, 0.29) is 0 Å². The molecule has 1 aromatic rings. The Bertz CT molecular complexity index is 366. The summed E-state index contributed by atoms with van der Waals surface area (Å²) >= 11 is 0. The van der Waals surface area contributed by atoms with E-state index >= 15 is 0 Å². The van der Waals surface area contributed by atoms with Crippen molar-refractivity contribution >= 4 is 0 Å². The van der Waals surface area contributed by atoms with Crippen molar-refractivity contribution in [1.82, 2.24) is 0 Å². The second-order valence-electron chi connectivity index (χ2n) is 3.24. The van der Waals surface area contributed by atoms with Crippen LogP contribution in [0, 0.1) is 12.3 Å². The zero-order valence-electron chi connectivity index (χ0n) is 9.87. The van der Waals surface area contributed by atoms with Gasteiger partial charge >= 0.3 is 0 Å². The van der Waals surface area contributed by atoms with E-state index in [0.29, 0.717) is 23.7 Å². The highest BCUT2D eigenvalue weighted by molar-refractivity contribution is 5.53. The molecule has 0 aliphatic rings. The second kappa shape index (κ2) is 5.92. The van der Waals surface area contributed by atoms with Crippen molar-refractivity contribution in [2.24, 2.45) is 0 Å². The normalized spacial score (nSPS) is 9.38. The quantitative estimate of drug-likeness (QED) is 0.712. The Balaban J connectivity index is 3.11. The van der Waals surface area contributed by atoms with E-state index in [9.17, 15) is 0 Å². The molecule has 0 saturated carbocycles. The third-order valence-electron chi connectivity index (χ3n) is 2.28. The molecule has 1 rings (SSSR count). The van der Waals surface area contributed by atoms with Gasteiger partial charge in [-0.25, -0.2) is 0 Å². The summed E-state index contributed by atoms with van der Waals surface area (Å²) in [4.78, 5) is 0. The van der Waals surface area contributed by atoms with Crippen molar-refractivity contribution in [3.05, 3.63) is 17.7 Å². The van der Waals surface area contributed by atoms with Gasteiger partial charge in [0.15, 0.2) is 11.5 Å². The third kappa shape index (κ3) is 2.60. The van der Waals surface area contributed by atoms with Gasteiger partial charge in [0.05, 0.1) is 21.3 Å². The van der Waals surface area contributed by atoms with E-state index in [4.69, 9.17) is 20.6 Å². The maximum Gasteiger partial charge on any atom is 0.203 e. The van der Waals surface area contributed by atoms with Gasteiger partial charge in [0.2, 0.25) is 5.75 Å². The summed E-state index contributed by atoms with van der Waals surface area (Å²) in [5.41, 5.74) is 1.08. The van der Waals surface area contributed by atoms with Crippen molar-refractivity contribution < 1.29 is 14.2 Å². The Hall–Kier alpha value is -1.82. The molecule has 0 fully saturated rings. The fourth-order valence-electron chi connectivity index (χ4n) is 1.50. The summed E-state index contributed by atoms with van der Waals surface area (Å²) < 4.78 is 15.7. The molecule has 0 atom stereocenters. The molecule has 0 N–H and O–H groups in total. The van der Waals surface area contributed by atoms with E-state index in [1.165, 1.54) is 0 Å². The first-order valence-corrected chi connectivity index (χ1v) is 4.99. The minimum absolute atomic E-state index is 0.606. The molecule has 1 aromatic carbocycles. The number of aryl methyl sites for hydroxylation is 1. The molecule has 0 aromatic heterocycles. The van der Waals surface area contributed by atoms with Crippen LogP contribution in [0.25, 0.3) is 0 Å². The molecular formula is C13H16O3. The molecule has 3 nitrogen and oxygen atoms in total. The summed E-state index contributed by atoms with van der Waals surface area (Å²) in [7, 11) is 4.78. The lowest BCUT2D eigenvalue weighted by Crippen LogP contribution is -1.97. The van der Waals surface area contributed by atoms with Crippen LogP contribution in [-0.4, -0.2) is 21.3 Å². The van der Waals surface area contributed by atoms with Crippen molar-refractivity contribution in [3.8, 4) is 29.6 Å². The van der Waals surface area contributed by atoms with Crippen LogP contribution in [0.15, 0.2) is 12.1 Å². The van der Waals surface area contributed by atoms with E-state index in [1.54, 1.807) is 21.3 Å². The average Bonchev–Trinajstić information content (AvgIpc) is 2.34. The van der Waals surface area contributed by atoms with Gasteiger partial charge in [-0.15, -0.1) is 12.3 Å². The molecule has 0 radical (unpaired) electrons. The molecule has 0 amide bonds. The summed E-state index contributed by atoms with van der Waals surface area (Å²) in [5, 5.41) is 0. The maximum atomic E-state index is 5.24. The first kappa shape index (κ1) is 12.3. The van der Waals surface area contributed by atoms with Crippen molar-refractivity contribution in [3.63, 3.8) is 0 Å². The Kier molecular flexibility index (Phi) is 4.53. The van der Waals surface area contributed by atoms with E-state index in [2.05, 4.69) is 5.92 Å². The molecule has 16 heavy (non-hydrogen) atoms. The van der Waals surface area contributed by atoms with Crippen LogP contribution in [0.3, 0.4) is 0 Å². The topological polar surface area (TPSA) is 27.7 Å². The highest BCUT2D eigenvalue weighted by Gasteiger charge is 2.12. The third-order valence-corrected chi connectivity index (χ3v) is 2.28. The number of methoxy groups -OCH3 is 3. The number of rotatable bonds is 5. The standard InChI is InChI=1S/C13H16O3/c1-5-6-7-10-8-11(14-2)13(16-4)12(9-10)15-3/h1,8-9H,6-7H2,2-4H3. The van der Waals surface area contributed by atoms with Gasteiger partial charge in [0.1, 0.15) is 0 Å². The Morgan fingerprint density at radius 2 is 1.62 bits per heavy atom. The van der Waals surface area contributed by atoms with Crippen LogP contribution in [0.2, 0.25) is 0 Å². The van der Waals surface area contributed by atoms with Gasteiger partial charge in [0, 0.05) is 6.42 Å². The monoisotopic (exact) mass is 220 g/mol. The van der Waals surface area contributed by atoms with Gasteiger partial charge in [-0.1, -0.05) is 0 Å². The summed E-state index contributed by atoms with van der Waals surface area (Å²) in [6.45, 7) is 0. The highest BCUT2D eigenvalue weighted by atomic mass is 16.5. The Morgan fingerprint density at radius 1 is 1.06 bits per heavy atom. The number of hydrogen-bond donors (Lipinski definition) is 0. The number of benzene rings is 1. The van der Waals surface area contributed by atoms with Gasteiger partial charge in [-0.05, 0) is 24.1 Å². The predicted molar refractivity (Wildman–Crippen MR) is 63.3 cm³/mol. The fourth-order valence-corrected chi connectivity index (χ4v) is 1.50. The minimum Gasteiger partial charge on any atom is -0.493 e. The van der Waals surface area contributed by atoms with Crippen molar-refractivity contribution in [2.75, 3.05) is 21.3 Å². The molecule has 0 aliphatic carbocycles. The minimum atomic E-state index is 0.606. The Labute approximate surface area is 96.3 Å². The van der Waals surface area contributed by atoms with Gasteiger partial charge < -0.3 is 14.2 Å². The molecule has 0 unspecified atom stereocenters. The molecule has 0 heterocycles. The molecule has 0 saturated heterocycles. The molecular weight excluding hydrogens is 204 g/mol.